The maximum absolute atomic E-state index is 13.3. The highest BCUT2D eigenvalue weighted by Gasteiger charge is 2.34. The molecule has 220 valence electrons. The number of benzene rings is 1. The molecule has 2 heteroatoms. The molecule has 0 aromatic heterocycles. The van der Waals surface area contributed by atoms with Crippen LogP contribution in [0, 0.1) is 12.3 Å². The lowest BCUT2D eigenvalue weighted by Gasteiger charge is -2.27. The molecule has 1 aromatic carbocycles. The number of carbonyl (C=O) groups is 1. The van der Waals surface area contributed by atoms with Gasteiger partial charge in [0.1, 0.15) is 5.75 Å². The van der Waals surface area contributed by atoms with E-state index in [9.17, 15) is 4.79 Å². The molecule has 0 aliphatic heterocycles. The summed E-state index contributed by atoms with van der Waals surface area (Å²) in [5.41, 5.74) is 0.818. The Labute approximate surface area is 238 Å². The molecule has 0 fully saturated rings. The quantitative estimate of drug-likeness (QED) is 0.0679. The zero-order chi connectivity index (χ0) is 27.7. The van der Waals surface area contributed by atoms with Gasteiger partial charge in [-0.2, -0.15) is 0 Å². The first-order valence-electron chi connectivity index (χ1n) is 16.8. The molecule has 0 saturated carbocycles. The van der Waals surface area contributed by atoms with E-state index in [-0.39, 0.29) is 11.4 Å². The second kappa shape index (κ2) is 23.6. The summed E-state index contributed by atoms with van der Waals surface area (Å²) in [6.07, 6.45) is 31.4. The van der Waals surface area contributed by atoms with E-state index < -0.39 is 0 Å². The maximum Gasteiger partial charge on any atom is 0.317 e. The van der Waals surface area contributed by atoms with Gasteiger partial charge in [0.15, 0.2) is 0 Å². The van der Waals surface area contributed by atoms with Crippen molar-refractivity contribution in [2.45, 2.75) is 182 Å². The molecular weight excluding hydrogens is 464 g/mol. The van der Waals surface area contributed by atoms with Crippen LogP contribution in [0.3, 0.4) is 0 Å². The number of carbonyl (C=O) groups excluding carboxylic acids is 1. The van der Waals surface area contributed by atoms with Crippen LogP contribution in [-0.2, 0) is 4.79 Å². The third-order valence-electron chi connectivity index (χ3n) is 8.39. The predicted molar refractivity (Wildman–Crippen MR) is 167 cm³/mol. The first-order chi connectivity index (χ1) is 18.5. The summed E-state index contributed by atoms with van der Waals surface area (Å²) in [7, 11) is 0. The standard InChI is InChI=1S/C36H64O2/c1-5-7-9-11-13-15-17-18-20-22-24-26-32-36(4,35(37)38-34-29-27-33(3)28-30-34)31-25-23-21-19-16-14-12-10-8-6-2/h27-30H,5-26,31-32H2,1-4H3. The fourth-order valence-electron chi connectivity index (χ4n) is 5.52. The van der Waals surface area contributed by atoms with E-state index >= 15 is 0 Å². The van der Waals surface area contributed by atoms with Gasteiger partial charge in [0.2, 0.25) is 0 Å². The van der Waals surface area contributed by atoms with Crippen molar-refractivity contribution in [1.82, 2.24) is 0 Å². The summed E-state index contributed by atoms with van der Waals surface area (Å²) in [4.78, 5) is 13.3. The van der Waals surface area contributed by atoms with Crippen LogP contribution >= 0.6 is 0 Å². The van der Waals surface area contributed by atoms with E-state index in [1.165, 1.54) is 134 Å². The topological polar surface area (TPSA) is 26.3 Å². The Hall–Kier alpha value is -1.31. The molecule has 1 unspecified atom stereocenters. The van der Waals surface area contributed by atoms with Crippen LogP contribution in [0.5, 0.6) is 5.75 Å². The number of hydrogen-bond donors (Lipinski definition) is 0. The molecule has 0 N–H and O–H groups in total. The van der Waals surface area contributed by atoms with Gasteiger partial charge in [-0.3, -0.25) is 4.79 Å². The van der Waals surface area contributed by atoms with Gasteiger partial charge in [-0.1, -0.05) is 173 Å². The molecule has 1 rings (SSSR count). The van der Waals surface area contributed by atoms with Gasteiger partial charge >= 0.3 is 5.97 Å². The fourth-order valence-corrected chi connectivity index (χ4v) is 5.52. The van der Waals surface area contributed by atoms with E-state index in [0.29, 0.717) is 5.75 Å². The van der Waals surface area contributed by atoms with Crippen LogP contribution in [0.15, 0.2) is 24.3 Å². The Balaban J connectivity index is 2.34. The highest BCUT2D eigenvalue weighted by atomic mass is 16.5. The zero-order valence-electron chi connectivity index (χ0n) is 26.1. The van der Waals surface area contributed by atoms with Gasteiger partial charge in [0.25, 0.3) is 0 Å². The number of rotatable bonds is 26. The molecule has 0 spiro atoms. The number of ether oxygens (including phenoxy) is 1. The minimum Gasteiger partial charge on any atom is -0.426 e. The number of esters is 1. The third-order valence-corrected chi connectivity index (χ3v) is 8.39. The number of hydrogen-bond acceptors (Lipinski definition) is 2. The van der Waals surface area contributed by atoms with Crippen LogP contribution in [0.1, 0.15) is 180 Å². The van der Waals surface area contributed by atoms with Gasteiger partial charge in [-0.15, -0.1) is 0 Å². The Bertz CT molecular complexity index is 664. The third kappa shape index (κ3) is 18.1. The highest BCUT2D eigenvalue weighted by Crippen LogP contribution is 2.34. The number of aryl methyl sites for hydroxylation is 1. The van der Waals surface area contributed by atoms with E-state index in [1.54, 1.807) is 0 Å². The van der Waals surface area contributed by atoms with Crippen molar-refractivity contribution < 1.29 is 9.53 Å². The highest BCUT2D eigenvalue weighted by molar-refractivity contribution is 5.78. The van der Waals surface area contributed by atoms with Crippen molar-refractivity contribution in [2.24, 2.45) is 5.41 Å². The lowest BCUT2D eigenvalue weighted by molar-refractivity contribution is -0.146. The van der Waals surface area contributed by atoms with Crippen molar-refractivity contribution in [2.75, 3.05) is 0 Å². The summed E-state index contributed by atoms with van der Waals surface area (Å²) < 4.78 is 5.90. The second-order valence-electron chi connectivity index (χ2n) is 12.3. The van der Waals surface area contributed by atoms with Crippen LogP contribution in [0.25, 0.3) is 0 Å². The monoisotopic (exact) mass is 528 g/mol. The van der Waals surface area contributed by atoms with Crippen molar-refractivity contribution in [3.8, 4) is 5.75 Å². The molecule has 0 aliphatic rings. The summed E-state index contributed by atoms with van der Waals surface area (Å²) >= 11 is 0. The molecule has 0 radical (unpaired) electrons. The van der Waals surface area contributed by atoms with E-state index in [4.69, 9.17) is 4.74 Å². The van der Waals surface area contributed by atoms with Crippen LogP contribution in [0.2, 0.25) is 0 Å². The van der Waals surface area contributed by atoms with Gasteiger partial charge in [0, 0.05) is 0 Å². The van der Waals surface area contributed by atoms with Gasteiger partial charge in [0.05, 0.1) is 5.41 Å². The average molecular weight is 529 g/mol. The number of unbranched alkanes of at least 4 members (excludes halogenated alkanes) is 20. The predicted octanol–water partition coefficient (Wildman–Crippen LogP) is 12.3. The Morgan fingerprint density at radius 1 is 0.553 bits per heavy atom. The van der Waals surface area contributed by atoms with Crippen LogP contribution in [0.4, 0.5) is 0 Å². The van der Waals surface area contributed by atoms with Gasteiger partial charge < -0.3 is 4.74 Å². The molecule has 0 heterocycles. The first kappa shape index (κ1) is 34.7. The second-order valence-corrected chi connectivity index (χ2v) is 12.3. The summed E-state index contributed by atoms with van der Waals surface area (Å²) in [5, 5.41) is 0. The van der Waals surface area contributed by atoms with Crippen LogP contribution < -0.4 is 4.74 Å². The SMILES string of the molecule is CCCCCCCCCCCCCCC(C)(CCCCCCCCCCCC)C(=O)Oc1ccc(C)cc1. The molecule has 0 bridgehead atoms. The lowest BCUT2D eigenvalue weighted by Crippen LogP contribution is -2.32. The van der Waals surface area contributed by atoms with Crippen molar-refractivity contribution in [1.29, 1.82) is 0 Å². The molecule has 38 heavy (non-hydrogen) atoms. The lowest BCUT2D eigenvalue weighted by atomic mass is 9.79. The van der Waals surface area contributed by atoms with Gasteiger partial charge in [-0.25, -0.2) is 0 Å². The summed E-state index contributed by atoms with van der Waals surface area (Å²) in [5.74, 6) is 0.657. The largest absolute Gasteiger partial charge is 0.426 e. The molecule has 0 saturated heterocycles. The minimum absolute atomic E-state index is 0.0275. The Morgan fingerprint density at radius 3 is 1.21 bits per heavy atom. The van der Waals surface area contributed by atoms with Crippen molar-refractivity contribution >= 4 is 5.97 Å². The van der Waals surface area contributed by atoms with Crippen molar-refractivity contribution in [3.63, 3.8) is 0 Å². The van der Waals surface area contributed by atoms with Crippen LogP contribution in [-0.4, -0.2) is 5.97 Å². The molecule has 2 nitrogen and oxygen atoms in total. The van der Waals surface area contributed by atoms with Crippen molar-refractivity contribution in [3.05, 3.63) is 29.8 Å². The molecule has 1 atom stereocenters. The summed E-state index contributed by atoms with van der Waals surface area (Å²) in [6, 6.07) is 7.90. The summed E-state index contributed by atoms with van der Waals surface area (Å²) in [6.45, 7) is 8.79. The average Bonchev–Trinajstić information content (AvgIpc) is 2.91. The molecular formula is C36H64O2. The maximum atomic E-state index is 13.3. The van der Waals surface area contributed by atoms with Gasteiger partial charge in [-0.05, 0) is 38.8 Å². The Kier molecular flexibility index (Phi) is 21.5. The van der Waals surface area contributed by atoms with E-state index in [0.717, 1.165) is 25.7 Å². The molecule has 1 aromatic rings. The fraction of sp³-hybridized carbons (Fsp3) is 0.806. The zero-order valence-corrected chi connectivity index (χ0v) is 26.1. The first-order valence-corrected chi connectivity index (χ1v) is 16.8. The molecule has 0 amide bonds. The van der Waals surface area contributed by atoms with E-state index in [1.807, 2.05) is 24.3 Å². The normalized spacial score (nSPS) is 12.9. The minimum atomic E-state index is -0.372. The molecule has 0 aliphatic carbocycles. The Morgan fingerprint density at radius 2 is 0.868 bits per heavy atom. The smallest absolute Gasteiger partial charge is 0.317 e. The van der Waals surface area contributed by atoms with E-state index in [2.05, 4.69) is 27.7 Å².